The summed E-state index contributed by atoms with van der Waals surface area (Å²) < 4.78 is 0. The fourth-order valence-electron chi connectivity index (χ4n) is 2.30. The minimum Gasteiger partial charge on any atom is -0.348 e. The normalized spacial score (nSPS) is 22.8. The number of nitrogens with zero attached hydrogens (tertiary/aromatic N) is 4. The summed E-state index contributed by atoms with van der Waals surface area (Å²) in [5, 5.41) is 16.0. The van der Waals surface area contributed by atoms with Crippen molar-refractivity contribution in [2.24, 2.45) is 11.8 Å². The molecule has 2 amide bonds. The van der Waals surface area contributed by atoms with Gasteiger partial charge in [0, 0.05) is 19.5 Å². The van der Waals surface area contributed by atoms with Crippen molar-refractivity contribution in [3.05, 3.63) is 5.82 Å². The number of nitrogens with one attached hydrogen (secondary N) is 2. The molecule has 1 aromatic heterocycles. The zero-order chi connectivity index (χ0) is 13.2. The highest BCUT2D eigenvalue weighted by atomic mass is 16.2. The Morgan fingerprint density at radius 2 is 2.32 bits per heavy atom. The second-order valence-corrected chi connectivity index (χ2v) is 5.19. The average Bonchev–Trinajstić information content (AvgIpc) is 2.91. The molecule has 1 saturated heterocycles. The Bertz CT molecular complexity index is 470. The molecule has 0 bridgehead atoms. The molecular formula is C11H16N6O2. The van der Waals surface area contributed by atoms with E-state index in [1.807, 2.05) is 4.90 Å². The number of H-pyrrole nitrogens is 1. The maximum Gasteiger partial charge on any atom is 0.225 e. The van der Waals surface area contributed by atoms with Gasteiger partial charge in [-0.1, -0.05) is 5.21 Å². The molecule has 2 heterocycles. The van der Waals surface area contributed by atoms with Gasteiger partial charge in [0.2, 0.25) is 11.8 Å². The summed E-state index contributed by atoms with van der Waals surface area (Å²) in [6.07, 6.45) is 2.72. The summed E-state index contributed by atoms with van der Waals surface area (Å²) in [5.74, 6) is 0.818. The summed E-state index contributed by atoms with van der Waals surface area (Å²) >= 11 is 0. The van der Waals surface area contributed by atoms with Gasteiger partial charge in [-0.25, -0.2) is 0 Å². The maximum absolute atomic E-state index is 12.0. The molecule has 2 fully saturated rings. The molecule has 1 saturated carbocycles. The van der Waals surface area contributed by atoms with Gasteiger partial charge >= 0.3 is 0 Å². The third-order valence-electron chi connectivity index (χ3n) is 3.57. The van der Waals surface area contributed by atoms with E-state index in [-0.39, 0.29) is 24.3 Å². The molecule has 0 spiro atoms. The van der Waals surface area contributed by atoms with E-state index in [4.69, 9.17) is 0 Å². The van der Waals surface area contributed by atoms with E-state index < -0.39 is 0 Å². The lowest BCUT2D eigenvalue weighted by atomic mass is 10.1. The predicted molar refractivity (Wildman–Crippen MR) is 63.4 cm³/mol. The van der Waals surface area contributed by atoms with Gasteiger partial charge < -0.3 is 10.2 Å². The van der Waals surface area contributed by atoms with E-state index in [0.717, 1.165) is 6.54 Å². The number of hydrogen-bond donors (Lipinski definition) is 2. The zero-order valence-corrected chi connectivity index (χ0v) is 10.5. The quantitative estimate of drug-likeness (QED) is 0.715. The maximum atomic E-state index is 12.0. The van der Waals surface area contributed by atoms with Crippen molar-refractivity contribution in [2.75, 3.05) is 13.1 Å². The standard InChI is InChI=1S/C11H16N6O2/c18-10-3-8(6-17(10)5-7-1-2-7)11(19)12-4-9-13-15-16-14-9/h7-8H,1-6H2,(H,12,19)(H,13,14,15,16). The topological polar surface area (TPSA) is 104 Å². The predicted octanol–water partition coefficient (Wildman–Crippen LogP) is -0.926. The van der Waals surface area contributed by atoms with Gasteiger partial charge in [0.1, 0.15) is 0 Å². The molecule has 1 aliphatic carbocycles. The highest BCUT2D eigenvalue weighted by Crippen LogP contribution is 2.31. The van der Waals surface area contributed by atoms with Crippen LogP contribution in [0.2, 0.25) is 0 Å². The molecule has 0 aromatic carbocycles. The van der Waals surface area contributed by atoms with Crippen molar-refractivity contribution in [3.8, 4) is 0 Å². The van der Waals surface area contributed by atoms with Gasteiger partial charge in [0.15, 0.2) is 5.82 Å². The SMILES string of the molecule is O=C(NCc1nn[nH]n1)C1CC(=O)N(CC2CC2)C1. The Morgan fingerprint density at radius 3 is 3.00 bits per heavy atom. The van der Waals surface area contributed by atoms with Crippen molar-refractivity contribution in [3.63, 3.8) is 0 Å². The molecule has 1 unspecified atom stereocenters. The van der Waals surface area contributed by atoms with Crippen LogP contribution >= 0.6 is 0 Å². The van der Waals surface area contributed by atoms with Crippen molar-refractivity contribution < 1.29 is 9.59 Å². The van der Waals surface area contributed by atoms with Crippen LogP contribution < -0.4 is 5.32 Å². The van der Waals surface area contributed by atoms with Gasteiger partial charge in [-0.3, -0.25) is 9.59 Å². The average molecular weight is 264 g/mol. The van der Waals surface area contributed by atoms with Crippen LogP contribution in [0.25, 0.3) is 0 Å². The van der Waals surface area contributed by atoms with Crippen LogP contribution in [0.4, 0.5) is 0 Å². The van der Waals surface area contributed by atoms with E-state index in [1.54, 1.807) is 0 Å². The van der Waals surface area contributed by atoms with Gasteiger partial charge in [-0.05, 0) is 18.8 Å². The highest BCUT2D eigenvalue weighted by Gasteiger charge is 2.36. The Labute approximate surface area is 109 Å². The van der Waals surface area contributed by atoms with Crippen LogP contribution in [0, 0.1) is 11.8 Å². The smallest absolute Gasteiger partial charge is 0.225 e. The first-order valence-corrected chi connectivity index (χ1v) is 6.50. The summed E-state index contributed by atoms with van der Waals surface area (Å²) in [4.78, 5) is 25.6. The third kappa shape index (κ3) is 2.88. The van der Waals surface area contributed by atoms with Crippen molar-refractivity contribution in [1.82, 2.24) is 30.8 Å². The Morgan fingerprint density at radius 1 is 1.47 bits per heavy atom. The monoisotopic (exact) mass is 264 g/mol. The lowest BCUT2D eigenvalue weighted by Crippen LogP contribution is -2.33. The highest BCUT2D eigenvalue weighted by molar-refractivity contribution is 5.89. The summed E-state index contributed by atoms with van der Waals surface area (Å²) in [7, 11) is 0. The second kappa shape index (κ2) is 4.94. The lowest BCUT2D eigenvalue weighted by Gasteiger charge is -2.15. The van der Waals surface area contributed by atoms with Crippen LogP contribution in [0.15, 0.2) is 0 Å². The first kappa shape index (κ1) is 12.1. The summed E-state index contributed by atoms with van der Waals surface area (Å²) in [6.45, 7) is 1.59. The molecule has 1 aromatic rings. The number of rotatable bonds is 5. The minimum absolute atomic E-state index is 0.0895. The van der Waals surface area contributed by atoms with Crippen LogP contribution in [0.5, 0.6) is 0 Å². The number of hydrogen-bond acceptors (Lipinski definition) is 5. The Kier molecular flexibility index (Phi) is 3.14. The zero-order valence-electron chi connectivity index (χ0n) is 10.5. The number of aromatic amines is 1. The van der Waals surface area contributed by atoms with E-state index in [9.17, 15) is 9.59 Å². The molecule has 8 heteroatoms. The van der Waals surface area contributed by atoms with Crippen molar-refractivity contribution >= 4 is 11.8 Å². The van der Waals surface area contributed by atoms with Crippen molar-refractivity contribution in [1.29, 1.82) is 0 Å². The van der Waals surface area contributed by atoms with Crippen LogP contribution in [-0.2, 0) is 16.1 Å². The fraction of sp³-hybridized carbons (Fsp3) is 0.727. The number of carbonyl (C=O) groups is 2. The molecule has 1 atom stereocenters. The summed E-state index contributed by atoms with van der Waals surface area (Å²) in [6, 6.07) is 0. The van der Waals surface area contributed by atoms with Gasteiger partial charge in [-0.2, -0.15) is 5.21 Å². The van der Waals surface area contributed by atoms with Crippen LogP contribution in [0.1, 0.15) is 25.1 Å². The van der Waals surface area contributed by atoms with E-state index in [2.05, 4.69) is 25.9 Å². The molecular weight excluding hydrogens is 248 g/mol. The first-order chi connectivity index (χ1) is 9.22. The molecule has 3 rings (SSSR count). The fourth-order valence-corrected chi connectivity index (χ4v) is 2.30. The number of aromatic nitrogens is 4. The molecule has 19 heavy (non-hydrogen) atoms. The molecule has 8 nitrogen and oxygen atoms in total. The van der Waals surface area contributed by atoms with E-state index >= 15 is 0 Å². The number of likely N-dealkylation sites (tertiary alicyclic amines) is 1. The lowest BCUT2D eigenvalue weighted by molar-refractivity contribution is -0.129. The molecule has 102 valence electrons. The summed E-state index contributed by atoms with van der Waals surface area (Å²) in [5.41, 5.74) is 0. The number of carbonyl (C=O) groups excluding carboxylic acids is 2. The second-order valence-electron chi connectivity index (χ2n) is 5.19. The molecule has 1 aliphatic heterocycles. The van der Waals surface area contributed by atoms with Gasteiger partial charge in [-0.15, -0.1) is 10.2 Å². The molecule has 2 N–H and O–H groups in total. The minimum atomic E-state index is -0.252. The van der Waals surface area contributed by atoms with Gasteiger partial charge in [0.05, 0.1) is 12.5 Å². The van der Waals surface area contributed by atoms with Gasteiger partial charge in [0.25, 0.3) is 0 Å². The number of amides is 2. The van der Waals surface area contributed by atoms with E-state index in [0.29, 0.717) is 24.7 Å². The first-order valence-electron chi connectivity index (χ1n) is 6.50. The Hall–Kier alpha value is -1.99. The van der Waals surface area contributed by atoms with E-state index in [1.165, 1.54) is 12.8 Å². The largest absolute Gasteiger partial charge is 0.348 e. The molecule has 0 radical (unpaired) electrons. The Balaban J connectivity index is 1.48. The van der Waals surface area contributed by atoms with Crippen LogP contribution in [-0.4, -0.2) is 50.4 Å². The van der Waals surface area contributed by atoms with Crippen molar-refractivity contribution in [2.45, 2.75) is 25.8 Å². The van der Waals surface area contributed by atoms with Crippen LogP contribution in [0.3, 0.4) is 0 Å². The molecule has 2 aliphatic rings. The third-order valence-corrected chi connectivity index (χ3v) is 3.57. The number of tetrazole rings is 1.